The Kier molecular flexibility index (Phi) is 7.87. The van der Waals surface area contributed by atoms with Gasteiger partial charge in [-0.3, -0.25) is 0 Å². The number of nitrogens with one attached hydrogen (secondary N) is 2. The summed E-state index contributed by atoms with van der Waals surface area (Å²) >= 11 is 0. The molecule has 1 unspecified atom stereocenters. The first-order valence-corrected chi connectivity index (χ1v) is 7.61. The average molecular weight is 240 g/mol. The van der Waals surface area contributed by atoms with Gasteiger partial charge < -0.3 is 10.6 Å². The van der Waals surface area contributed by atoms with Gasteiger partial charge in [-0.25, -0.2) is 0 Å². The second-order valence-electron chi connectivity index (χ2n) is 6.20. The summed E-state index contributed by atoms with van der Waals surface area (Å²) in [4.78, 5) is 0. The molecule has 1 atom stereocenters. The van der Waals surface area contributed by atoms with Crippen molar-refractivity contribution in [3.8, 4) is 0 Å². The highest BCUT2D eigenvalue weighted by molar-refractivity contribution is 4.80. The largest absolute Gasteiger partial charge is 0.316 e. The Labute approximate surface area is 108 Å². The summed E-state index contributed by atoms with van der Waals surface area (Å²) < 4.78 is 0. The number of rotatable bonds is 10. The van der Waals surface area contributed by atoms with Crippen molar-refractivity contribution in [1.29, 1.82) is 0 Å². The fourth-order valence-electron chi connectivity index (χ4n) is 2.37. The lowest BCUT2D eigenvalue weighted by Crippen LogP contribution is -2.47. The van der Waals surface area contributed by atoms with E-state index in [2.05, 4.69) is 31.4 Å². The Bertz CT molecular complexity index is 176. The molecule has 1 saturated heterocycles. The number of hydrogen-bond donors (Lipinski definition) is 2. The molecule has 0 spiro atoms. The van der Waals surface area contributed by atoms with Gasteiger partial charge >= 0.3 is 0 Å². The van der Waals surface area contributed by atoms with Gasteiger partial charge in [0.05, 0.1) is 0 Å². The molecule has 1 fully saturated rings. The van der Waals surface area contributed by atoms with Crippen LogP contribution in [0.15, 0.2) is 0 Å². The van der Waals surface area contributed by atoms with Gasteiger partial charge in [0, 0.05) is 0 Å². The van der Waals surface area contributed by atoms with Crippen molar-refractivity contribution < 1.29 is 0 Å². The SMILES string of the molecule is CC(C)CCCCCCNCC(C)C1CNC1. The van der Waals surface area contributed by atoms with Crippen LogP contribution >= 0.6 is 0 Å². The predicted molar refractivity (Wildman–Crippen MR) is 76.3 cm³/mol. The highest BCUT2D eigenvalue weighted by atomic mass is 15.0. The van der Waals surface area contributed by atoms with Crippen LogP contribution in [0.4, 0.5) is 0 Å². The van der Waals surface area contributed by atoms with Crippen molar-refractivity contribution in [2.45, 2.75) is 52.9 Å². The molecule has 2 nitrogen and oxygen atoms in total. The second-order valence-corrected chi connectivity index (χ2v) is 6.20. The summed E-state index contributed by atoms with van der Waals surface area (Å²) in [6.07, 6.45) is 7.00. The van der Waals surface area contributed by atoms with Crippen LogP contribution in [0.1, 0.15) is 52.9 Å². The Morgan fingerprint density at radius 3 is 2.35 bits per heavy atom. The van der Waals surface area contributed by atoms with Crippen LogP contribution in [0.25, 0.3) is 0 Å². The van der Waals surface area contributed by atoms with E-state index in [-0.39, 0.29) is 0 Å². The van der Waals surface area contributed by atoms with Crippen LogP contribution in [-0.2, 0) is 0 Å². The summed E-state index contributed by atoms with van der Waals surface area (Å²) in [5.41, 5.74) is 0. The standard InChI is InChI=1S/C15H32N2/c1-13(2)8-6-4-5-7-9-16-10-14(3)15-11-17-12-15/h13-17H,4-12H2,1-3H3. The zero-order chi connectivity index (χ0) is 12.5. The van der Waals surface area contributed by atoms with Crippen molar-refractivity contribution in [3.05, 3.63) is 0 Å². The second kappa shape index (κ2) is 8.93. The van der Waals surface area contributed by atoms with E-state index in [0.29, 0.717) is 0 Å². The molecule has 0 saturated carbocycles. The molecule has 1 aliphatic rings. The van der Waals surface area contributed by atoms with E-state index < -0.39 is 0 Å². The third kappa shape index (κ3) is 7.05. The van der Waals surface area contributed by atoms with Crippen LogP contribution in [0, 0.1) is 17.8 Å². The molecular weight excluding hydrogens is 208 g/mol. The van der Waals surface area contributed by atoms with E-state index in [1.807, 2.05) is 0 Å². The first-order valence-electron chi connectivity index (χ1n) is 7.61. The Balaban J connectivity index is 1.77. The van der Waals surface area contributed by atoms with Crippen molar-refractivity contribution in [2.24, 2.45) is 17.8 Å². The zero-order valence-electron chi connectivity index (χ0n) is 12.1. The summed E-state index contributed by atoms with van der Waals surface area (Å²) in [7, 11) is 0. The summed E-state index contributed by atoms with van der Waals surface area (Å²) in [6.45, 7) is 11.9. The molecule has 0 radical (unpaired) electrons. The van der Waals surface area contributed by atoms with Crippen molar-refractivity contribution in [1.82, 2.24) is 10.6 Å². The number of unbranched alkanes of at least 4 members (excludes halogenated alkanes) is 3. The Hall–Kier alpha value is -0.0800. The minimum Gasteiger partial charge on any atom is -0.316 e. The highest BCUT2D eigenvalue weighted by Crippen LogP contribution is 2.14. The van der Waals surface area contributed by atoms with Crippen LogP contribution < -0.4 is 10.6 Å². The molecule has 2 heteroatoms. The first-order chi connectivity index (χ1) is 8.20. The molecular formula is C15H32N2. The summed E-state index contributed by atoms with van der Waals surface area (Å²) in [5.74, 6) is 2.65. The van der Waals surface area contributed by atoms with Gasteiger partial charge in [0.15, 0.2) is 0 Å². The molecule has 102 valence electrons. The fourth-order valence-corrected chi connectivity index (χ4v) is 2.37. The van der Waals surface area contributed by atoms with Crippen LogP contribution in [-0.4, -0.2) is 26.2 Å². The topological polar surface area (TPSA) is 24.1 Å². The van der Waals surface area contributed by atoms with Gasteiger partial charge in [-0.15, -0.1) is 0 Å². The monoisotopic (exact) mass is 240 g/mol. The normalized spacial score (nSPS) is 18.4. The highest BCUT2D eigenvalue weighted by Gasteiger charge is 2.22. The van der Waals surface area contributed by atoms with E-state index in [1.165, 1.54) is 58.3 Å². The van der Waals surface area contributed by atoms with Crippen molar-refractivity contribution >= 4 is 0 Å². The zero-order valence-corrected chi connectivity index (χ0v) is 12.1. The molecule has 0 aromatic rings. The van der Waals surface area contributed by atoms with E-state index >= 15 is 0 Å². The van der Waals surface area contributed by atoms with E-state index in [0.717, 1.165) is 17.8 Å². The molecule has 1 rings (SSSR count). The maximum absolute atomic E-state index is 3.61. The minimum atomic E-state index is 0.845. The lowest BCUT2D eigenvalue weighted by atomic mass is 9.89. The molecule has 0 bridgehead atoms. The molecule has 0 aromatic carbocycles. The lowest BCUT2D eigenvalue weighted by molar-refractivity contribution is 0.242. The Morgan fingerprint density at radius 1 is 1.06 bits per heavy atom. The van der Waals surface area contributed by atoms with Gasteiger partial charge in [0.2, 0.25) is 0 Å². The van der Waals surface area contributed by atoms with E-state index in [1.54, 1.807) is 0 Å². The fraction of sp³-hybridized carbons (Fsp3) is 1.00. The third-order valence-corrected chi connectivity index (χ3v) is 3.97. The average Bonchev–Trinajstić information content (AvgIpc) is 2.19. The van der Waals surface area contributed by atoms with Crippen LogP contribution in [0.3, 0.4) is 0 Å². The van der Waals surface area contributed by atoms with Crippen LogP contribution in [0.5, 0.6) is 0 Å². The molecule has 1 aliphatic heterocycles. The van der Waals surface area contributed by atoms with E-state index in [9.17, 15) is 0 Å². The van der Waals surface area contributed by atoms with Gasteiger partial charge in [-0.2, -0.15) is 0 Å². The predicted octanol–water partition coefficient (Wildman–Crippen LogP) is 3.04. The molecule has 0 aromatic heterocycles. The van der Waals surface area contributed by atoms with Gasteiger partial charge in [0.25, 0.3) is 0 Å². The molecule has 17 heavy (non-hydrogen) atoms. The molecule has 2 N–H and O–H groups in total. The van der Waals surface area contributed by atoms with Gasteiger partial charge in [-0.05, 0) is 50.4 Å². The van der Waals surface area contributed by atoms with Gasteiger partial charge in [0.1, 0.15) is 0 Å². The molecule has 0 amide bonds. The van der Waals surface area contributed by atoms with Gasteiger partial charge in [-0.1, -0.05) is 46.5 Å². The van der Waals surface area contributed by atoms with E-state index in [4.69, 9.17) is 0 Å². The van der Waals surface area contributed by atoms with Crippen molar-refractivity contribution in [2.75, 3.05) is 26.2 Å². The molecule has 1 heterocycles. The van der Waals surface area contributed by atoms with Crippen molar-refractivity contribution in [3.63, 3.8) is 0 Å². The third-order valence-electron chi connectivity index (χ3n) is 3.97. The molecule has 0 aliphatic carbocycles. The quantitative estimate of drug-likeness (QED) is 0.574. The lowest BCUT2D eigenvalue weighted by Gasteiger charge is -2.32. The summed E-state index contributed by atoms with van der Waals surface area (Å²) in [6, 6.07) is 0. The smallest absolute Gasteiger partial charge is 0.000522 e. The number of hydrogen-bond acceptors (Lipinski definition) is 2. The Morgan fingerprint density at radius 2 is 1.76 bits per heavy atom. The first kappa shape index (κ1) is 15.0. The summed E-state index contributed by atoms with van der Waals surface area (Å²) in [5, 5.41) is 6.95. The van der Waals surface area contributed by atoms with Crippen LogP contribution in [0.2, 0.25) is 0 Å². The minimum absolute atomic E-state index is 0.845. The maximum atomic E-state index is 3.61. The maximum Gasteiger partial charge on any atom is -0.000522 e.